The topological polar surface area (TPSA) is 17.0 Å². The lowest BCUT2D eigenvalue weighted by Crippen LogP contribution is -2.19. The number of aromatic nitrogens is 1. The van der Waals surface area contributed by atoms with Crippen LogP contribution in [0, 0.1) is 0 Å². The minimum absolute atomic E-state index is 0.200. The molecule has 0 aliphatic heterocycles. The number of hydrogen-bond donors (Lipinski definition) is 1. The maximum atomic E-state index is 3.14. The zero-order chi connectivity index (χ0) is 9.19. The van der Waals surface area contributed by atoms with E-state index in [0.29, 0.717) is 0 Å². The Morgan fingerprint density at radius 2 is 2.08 bits per heavy atom. The maximum absolute atomic E-state index is 3.14. The summed E-state index contributed by atoms with van der Waals surface area (Å²) in [5.41, 5.74) is 1.54. The third kappa shape index (κ3) is 2.11. The van der Waals surface area contributed by atoms with Crippen molar-refractivity contribution in [2.24, 2.45) is 0 Å². The highest BCUT2D eigenvalue weighted by atomic mass is 15.0. The first-order valence-electron chi connectivity index (χ1n) is 4.36. The zero-order valence-electron chi connectivity index (χ0n) is 8.39. The van der Waals surface area contributed by atoms with Crippen molar-refractivity contribution in [1.29, 1.82) is 0 Å². The van der Waals surface area contributed by atoms with Crippen molar-refractivity contribution < 1.29 is 0 Å². The Hall–Kier alpha value is -0.760. The number of nitrogens with one attached hydrogen (secondary N) is 1. The molecule has 0 unspecified atom stereocenters. The van der Waals surface area contributed by atoms with E-state index in [1.54, 1.807) is 0 Å². The summed E-state index contributed by atoms with van der Waals surface area (Å²) in [6, 6.07) is 2.15. The fourth-order valence-electron chi connectivity index (χ4n) is 1.17. The molecule has 0 fully saturated rings. The Morgan fingerprint density at radius 1 is 1.42 bits per heavy atom. The van der Waals surface area contributed by atoms with Gasteiger partial charge in [0.15, 0.2) is 0 Å². The Kier molecular flexibility index (Phi) is 2.58. The van der Waals surface area contributed by atoms with E-state index < -0.39 is 0 Å². The summed E-state index contributed by atoms with van der Waals surface area (Å²) in [5, 5.41) is 3.14. The highest BCUT2D eigenvalue weighted by molar-refractivity contribution is 5.11. The van der Waals surface area contributed by atoms with E-state index in [9.17, 15) is 0 Å². The van der Waals surface area contributed by atoms with Gasteiger partial charge in [-0.1, -0.05) is 0 Å². The summed E-state index contributed by atoms with van der Waals surface area (Å²) in [5.74, 6) is 0. The molecule has 0 aliphatic rings. The highest BCUT2D eigenvalue weighted by Gasteiger charge is 2.11. The summed E-state index contributed by atoms with van der Waals surface area (Å²) in [7, 11) is 1.97. The minimum atomic E-state index is 0.200. The molecule has 0 spiro atoms. The predicted molar refractivity (Wildman–Crippen MR) is 52.2 cm³/mol. The molecule has 0 saturated heterocycles. The van der Waals surface area contributed by atoms with Crippen molar-refractivity contribution in [3.63, 3.8) is 0 Å². The van der Waals surface area contributed by atoms with E-state index in [0.717, 1.165) is 6.54 Å². The van der Waals surface area contributed by atoms with Gasteiger partial charge < -0.3 is 9.88 Å². The number of hydrogen-bond acceptors (Lipinski definition) is 1. The average molecular weight is 166 g/mol. The molecule has 68 valence electrons. The molecule has 1 heterocycles. The second-order valence-electron chi connectivity index (χ2n) is 4.13. The molecular formula is C10H18N2. The molecule has 2 heteroatoms. The largest absolute Gasteiger partial charge is 0.349 e. The van der Waals surface area contributed by atoms with Crippen molar-refractivity contribution in [1.82, 2.24) is 9.88 Å². The zero-order valence-corrected chi connectivity index (χ0v) is 8.39. The molecule has 0 atom stereocenters. The maximum Gasteiger partial charge on any atom is 0.0355 e. The van der Waals surface area contributed by atoms with Crippen LogP contribution < -0.4 is 5.32 Å². The molecule has 1 aromatic rings. The van der Waals surface area contributed by atoms with Gasteiger partial charge in [0.1, 0.15) is 0 Å². The average Bonchev–Trinajstić information content (AvgIpc) is 2.35. The van der Waals surface area contributed by atoms with Crippen LogP contribution in [-0.2, 0) is 12.1 Å². The molecule has 0 bridgehead atoms. The van der Waals surface area contributed by atoms with Crippen molar-refractivity contribution in [3.8, 4) is 0 Å². The van der Waals surface area contributed by atoms with Gasteiger partial charge in [-0.3, -0.25) is 0 Å². The fraction of sp³-hybridized carbons (Fsp3) is 0.600. The van der Waals surface area contributed by atoms with Gasteiger partial charge in [-0.25, -0.2) is 0 Å². The van der Waals surface area contributed by atoms with Crippen LogP contribution in [0.2, 0.25) is 0 Å². The summed E-state index contributed by atoms with van der Waals surface area (Å²) in [4.78, 5) is 0. The van der Waals surface area contributed by atoms with Crippen LogP contribution in [0.4, 0.5) is 0 Å². The Bertz CT molecular complexity index is 243. The molecular weight excluding hydrogens is 148 g/mol. The summed E-state index contributed by atoms with van der Waals surface area (Å²) in [6.07, 6.45) is 4.32. The smallest absolute Gasteiger partial charge is 0.0355 e. The third-order valence-electron chi connectivity index (χ3n) is 1.91. The lowest BCUT2D eigenvalue weighted by atomic mass is 10.1. The van der Waals surface area contributed by atoms with Crippen LogP contribution in [-0.4, -0.2) is 11.6 Å². The van der Waals surface area contributed by atoms with Crippen molar-refractivity contribution in [2.45, 2.75) is 32.9 Å². The van der Waals surface area contributed by atoms with Gasteiger partial charge in [-0.05, 0) is 39.4 Å². The molecule has 0 saturated carbocycles. The SMILES string of the molecule is CNCc1ccn(C(C)(C)C)c1. The predicted octanol–water partition coefficient (Wildman–Crippen LogP) is 1.96. The second kappa shape index (κ2) is 3.31. The first-order chi connectivity index (χ1) is 5.54. The highest BCUT2D eigenvalue weighted by Crippen LogP contribution is 2.15. The minimum Gasteiger partial charge on any atom is -0.349 e. The summed E-state index contributed by atoms with van der Waals surface area (Å²) >= 11 is 0. The van der Waals surface area contributed by atoms with Crippen LogP contribution in [0.3, 0.4) is 0 Å². The number of rotatable bonds is 2. The van der Waals surface area contributed by atoms with Gasteiger partial charge >= 0.3 is 0 Å². The molecule has 0 aromatic carbocycles. The fourth-order valence-corrected chi connectivity index (χ4v) is 1.17. The van der Waals surface area contributed by atoms with Crippen LogP contribution in [0.5, 0.6) is 0 Å². The first kappa shape index (κ1) is 9.33. The molecule has 1 aromatic heterocycles. The van der Waals surface area contributed by atoms with E-state index in [1.807, 2.05) is 7.05 Å². The van der Waals surface area contributed by atoms with Crippen molar-refractivity contribution >= 4 is 0 Å². The van der Waals surface area contributed by atoms with Crippen LogP contribution in [0.15, 0.2) is 18.5 Å². The molecule has 1 N–H and O–H groups in total. The van der Waals surface area contributed by atoms with E-state index in [4.69, 9.17) is 0 Å². The summed E-state index contributed by atoms with van der Waals surface area (Å²) in [6.45, 7) is 7.56. The van der Waals surface area contributed by atoms with E-state index in [1.165, 1.54) is 5.56 Å². The van der Waals surface area contributed by atoms with Gasteiger partial charge in [0.2, 0.25) is 0 Å². The van der Waals surface area contributed by atoms with Crippen molar-refractivity contribution in [3.05, 3.63) is 24.0 Å². The first-order valence-corrected chi connectivity index (χ1v) is 4.36. The van der Waals surface area contributed by atoms with Crippen molar-refractivity contribution in [2.75, 3.05) is 7.05 Å². The standard InChI is InChI=1S/C10H18N2/c1-10(2,3)12-6-5-9(8-12)7-11-4/h5-6,8,11H,7H2,1-4H3. The molecule has 1 rings (SSSR count). The molecule has 0 amide bonds. The Morgan fingerprint density at radius 3 is 2.50 bits per heavy atom. The van der Waals surface area contributed by atoms with E-state index in [-0.39, 0.29) is 5.54 Å². The van der Waals surface area contributed by atoms with Crippen LogP contribution >= 0.6 is 0 Å². The van der Waals surface area contributed by atoms with Gasteiger partial charge in [-0.2, -0.15) is 0 Å². The molecule has 0 aliphatic carbocycles. The number of nitrogens with zero attached hydrogens (tertiary/aromatic N) is 1. The van der Waals surface area contributed by atoms with Crippen LogP contribution in [0.25, 0.3) is 0 Å². The second-order valence-corrected chi connectivity index (χ2v) is 4.13. The Balaban J connectivity index is 2.77. The van der Waals surface area contributed by atoms with Gasteiger partial charge in [0.25, 0.3) is 0 Å². The lowest BCUT2D eigenvalue weighted by molar-refractivity contribution is 0.398. The van der Waals surface area contributed by atoms with E-state index in [2.05, 4.69) is 49.1 Å². The quantitative estimate of drug-likeness (QED) is 0.710. The van der Waals surface area contributed by atoms with Crippen LogP contribution in [0.1, 0.15) is 26.3 Å². The van der Waals surface area contributed by atoms with Gasteiger partial charge in [0.05, 0.1) is 0 Å². The summed E-state index contributed by atoms with van der Waals surface area (Å²) < 4.78 is 2.24. The molecule has 2 nitrogen and oxygen atoms in total. The Labute approximate surface area is 74.6 Å². The monoisotopic (exact) mass is 166 g/mol. The third-order valence-corrected chi connectivity index (χ3v) is 1.91. The normalized spacial score (nSPS) is 12.0. The van der Waals surface area contributed by atoms with Gasteiger partial charge in [0, 0.05) is 24.5 Å². The van der Waals surface area contributed by atoms with Gasteiger partial charge in [-0.15, -0.1) is 0 Å². The lowest BCUT2D eigenvalue weighted by Gasteiger charge is -2.20. The molecule has 0 radical (unpaired) electrons. The molecule has 12 heavy (non-hydrogen) atoms. The van der Waals surface area contributed by atoms with E-state index >= 15 is 0 Å².